The number of carbonyl (C=O) groups is 1. The summed E-state index contributed by atoms with van der Waals surface area (Å²) in [5, 5.41) is 0. The van der Waals surface area contributed by atoms with Crippen molar-refractivity contribution in [3.63, 3.8) is 0 Å². The molecular weight excluding hydrogens is 200 g/mol. The summed E-state index contributed by atoms with van der Waals surface area (Å²) in [5.74, 6) is 0.286. The number of allylic oxidation sites excluding steroid dienone is 1. The predicted molar refractivity (Wildman–Crippen MR) is 64.1 cm³/mol. The number of methoxy groups -OCH3 is 1. The molecule has 1 aromatic rings. The molecule has 0 aromatic heterocycles. The summed E-state index contributed by atoms with van der Waals surface area (Å²) in [4.78, 5) is 11.3. The average molecular weight is 216 g/mol. The van der Waals surface area contributed by atoms with E-state index >= 15 is 0 Å². The van der Waals surface area contributed by atoms with E-state index in [-0.39, 0.29) is 5.97 Å². The highest BCUT2D eigenvalue weighted by Gasteiger charge is 2.22. The minimum atomic E-state index is -0.169. The zero-order valence-corrected chi connectivity index (χ0v) is 9.69. The van der Waals surface area contributed by atoms with Crippen LogP contribution in [-0.2, 0) is 9.53 Å². The maximum absolute atomic E-state index is 11.3. The van der Waals surface area contributed by atoms with Crippen LogP contribution in [0.15, 0.2) is 30.3 Å². The molecule has 1 unspecified atom stereocenters. The van der Waals surface area contributed by atoms with E-state index in [9.17, 15) is 4.79 Å². The van der Waals surface area contributed by atoms with E-state index in [4.69, 9.17) is 4.74 Å². The molecule has 0 N–H and O–H groups in total. The summed E-state index contributed by atoms with van der Waals surface area (Å²) in [6, 6.07) is 8.29. The molecule has 0 aliphatic heterocycles. The number of hydrogen-bond donors (Lipinski definition) is 0. The Hall–Kier alpha value is -1.57. The highest BCUT2D eigenvalue weighted by atomic mass is 16.5. The lowest BCUT2D eigenvalue weighted by atomic mass is 9.98. The first-order chi connectivity index (χ1) is 7.76. The van der Waals surface area contributed by atoms with E-state index in [0.29, 0.717) is 12.3 Å². The maximum atomic E-state index is 11.3. The predicted octanol–water partition coefficient (Wildman–Crippen LogP) is 3.14. The second-order valence-corrected chi connectivity index (χ2v) is 4.05. The number of carbonyl (C=O) groups excluding carboxylic acids is 1. The fraction of sp³-hybridized carbons (Fsp3) is 0.357. The molecule has 1 atom stereocenters. The third kappa shape index (κ3) is 1.87. The van der Waals surface area contributed by atoms with Crippen molar-refractivity contribution in [1.29, 1.82) is 0 Å². The molecule has 1 aromatic carbocycles. The van der Waals surface area contributed by atoms with Crippen molar-refractivity contribution in [3.8, 4) is 0 Å². The van der Waals surface area contributed by atoms with Gasteiger partial charge in [0.1, 0.15) is 0 Å². The molecule has 1 aliphatic carbocycles. The lowest BCUT2D eigenvalue weighted by Gasteiger charge is -2.07. The topological polar surface area (TPSA) is 26.3 Å². The average Bonchev–Trinajstić information content (AvgIpc) is 2.68. The van der Waals surface area contributed by atoms with Gasteiger partial charge in [0.05, 0.1) is 13.5 Å². The third-order valence-corrected chi connectivity index (χ3v) is 3.11. The van der Waals surface area contributed by atoms with Crippen molar-refractivity contribution >= 4 is 11.5 Å². The van der Waals surface area contributed by atoms with Crippen molar-refractivity contribution in [2.75, 3.05) is 7.11 Å². The number of ether oxygens (including phenoxy) is 1. The van der Waals surface area contributed by atoms with E-state index in [1.165, 1.54) is 18.2 Å². The van der Waals surface area contributed by atoms with Gasteiger partial charge in [-0.3, -0.25) is 4.79 Å². The first-order valence-corrected chi connectivity index (χ1v) is 5.63. The highest BCUT2D eigenvalue weighted by molar-refractivity contribution is 5.88. The van der Waals surface area contributed by atoms with Crippen LogP contribution in [0.4, 0.5) is 0 Å². The smallest absolute Gasteiger partial charge is 0.309 e. The van der Waals surface area contributed by atoms with Gasteiger partial charge in [-0.15, -0.1) is 0 Å². The van der Waals surface area contributed by atoms with E-state index in [0.717, 1.165) is 12.0 Å². The summed E-state index contributed by atoms with van der Waals surface area (Å²) in [7, 11) is 1.43. The Labute approximate surface area is 95.9 Å². The van der Waals surface area contributed by atoms with E-state index in [1.807, 2.05) is 6.07 Å². The van der Waals surface area contributed by atoms with Crippen LogP contribution < -0.4 is 0 Å². The van der Waals surface area contributed by atoms with Crippen molar-refractivity contribution in [2.45, 2.75) is 25.7 Å². The first kappa shape index (κ1) is 10.9. The van der Waals surface area contributed by atoms with Crippen molar-refractivity contribution in [1.82, 2.24) is 0 Å². The van der Waals surface area contributed by atoms with Gasteiger partial charge in [-0.1, -0.05) is 37.3 Å². The lowest BCUT2D eigenvalue weighted by Crippen LogP contribution is -2.00. The number of benzene rings is 1. The van der Waals surface area contributed by atoms with Crippen molar-refractivity contribution in [3.05, 3.63) is 41.5 Å². The normalized spacial score (nSPS) is 17.9. The second-order valence-electron chi connectivity index (χ2n) is 4.05. The van der Waals surface area contributed by atoms with Gasteiger partial charge >= 0.3 is 5.97 Å². The number of rotatable bonds is 3. The summed E-state index contributed by atoms with van der Waals surface area (Å²) < 4.78 is 4.72. The quantitative estimate of drug-likeness (QED) is 0.725. The van der Waals surface area contributed by atoms with Gasteiger partial charge in [0.2, 0.25) is 0 Å². The van der Waals surface area contributed by atoms with Crippen LogP contribution in [0.3, 0.4) is 0 Å². The van der Waals surface area contributed by atoms with Gasteiger partial charge in [-0.2, -0.15) is 0 Å². The van der Waals surface area contributed by atoms with Crippen LogP contribution in [0.2, 0.25) is 0 Å². The summed E-state index contributed by atoms with van der Waals surface area (Å²) in [6.07, 6.45) is 3.65. The number of esters is 1. The molecule has 0 heterocycles. The van der Waals surface area contributed by atoms with Gasteiger partial charge in [-0.25, -0.2) is 0 Å². The Kier molecular flexibility index (Phi) is 3.09. The zero-order valence-electron chi connectivity index (χ0n) is 9.69. The Morgan fingerprint density at radius 2 is 2.12 bits per heavy atom. The van der Waals surface area contributed by atoms with E-state index in [2.05, 4.69) is 31.2 Å². The van der Waals surface area contributed by atoms with Gasteiger partial charge in [0, 0.05) is 5.92 Å². The van der Waals surface area contributed by atoms with Gasteiger partial charge < -0.3 is 4.74 Å². The van der Waals surface area contributed by atoms with Crippen LogP contribution >= 0.6 is 0 Å². The first-order valence-electron chi connectivity index (χ1n) is 5.63. The molecule has 84 valence electrons. The lowest BCUT2D eigenvalue weighted by molar-refractivity contribution is -0.139. The molecular formula is C14H16O2. The number of fused-ring (bicyclic) bond motifs is 1. The molecule has 2 rings (SSSR count). The van der Waals surface area contributed by atoms with Crippen LogP contribution in [0.5, 0.6) is 0 Å². The van der Waals surface area contributed by atoms with E-state index in [1.54, 1.807) is 0 Å². The third-order valence-electron chi connectivity index (χ3n) is 3.11. The summed E-state index contributed by atoms with van der Waals surface area (Å²) in [6.45, 7) is 2.17. The van der Waals surface area contributed by atoms with Crippen molar-refractivity contribution < 1.29 is 9.53 Å². The van der Waals surface area contributed by atoms with Gasteiger partial charge in [0.25, 0.3) is 0 Å². The van der Waals surface area contributed by atoms with Gasteiger partial charge in [-0.05, 0) is 23.1 Å². The Morgan fingerprint density at radius 1 is 1.38 bits per heavy atom. The Bertz CT molecular complexity index is 432. The molecule has 0 amide bonds. The largest absolute Gasteiger partial charge is 0.469 e. The van der Waals surface area contributed by atoms with E-state index < -0.39 is 0 Å². The van der Waals surface area contributed by atoms with Crippen LogP contribution in [0.25, 0.3) is 5.57 Å². The monoisotopic (exact) mass is 216 g/mol. The minimum absolute atomic E-state index is 0.169. The molecule has 2 nitrogen and oxygen atoms in total. The summed E-state index contributed by atoms with van der Waals surface area (Å²) in [5.41, 5.74) is 3.65. The fourth-order valence-corrected chi connectivity index (χ4v) is 2.25. The molecule has 0 saturated heterocycles. The second kappa shape index (κ2) is 4.52. The molecule has 0 saturated carbocycles. The number of hydrogen-bond acceptors (Lipinski definition) is 2. The summed E-state index contributed by atoms with van der Waals surface area (Å²) >= 11 is 0. The van der Waals surface area contributed by atoms with Crippen LogP contribution in [-0.4, -0.2) is 13.1 Å². The molecule has 0 spiro atoms. The molecule has 2 heteroatoms. The Balaban J connectivity index is 2.30. The van der Waals surface area contributed by atoms with Crippen molar-refractivity contribution in [2.24, 2.45) is 0 Å². The molecule has 1 aliphatic rings. The molecule has 0 bridgehead atoms. The SMILES string of the molecule is CCC1C=C(CC(=O)OC)c2ccccc21. The minimum Gasteiger partial charge on any atom is -0.469 e. The van der Waals surface area contributed by atoms with Gasteiger partial charge in [0.15, 0.2) is 0 Å². The fourth-order valence-electron chi connectivity index (χ4n) is 2.25. The van der Waals surface area contributed by atoms with Crippen LogP contribution in [0.1, 0.15) is 36.8 Å². The zero-order chi connectivity index (χ0) is 11.5. The highest BCUT2D eigenvalue weighted by Crippen LogP contribution is 2.39. The Morgan fingerprint density at radius 3 is 2.81 bits per heavy atom. The molecule has 16 heavy (non-hydrogen) atoms. The standard InChI is InChI=1S/C14H16O2/c1-3-10-8-11(9-14(15)16-2)13-7-5-4-6-12(10)13/h4-8,10H,3,9H2,1-2H3. The molecule has 0 radical (unpaired) electrons. The maximum Gasteiger partial charge on any atom is 0.309 e. The molecule has 0 fully saturated rings. The van der Waals surface area contributed by atoms with Crippen LogP contribution in [0, 0.1) is 0 Å².